The Bertz CT molecular complexity index is 1280. The van der Waals surface area contributed by atoms with Crippen LogP contribution in [0, 0.1) is 5.92 Å². The van der Waals surface area contributed by atoms with Crippen molar-refractivity contribution in [1.29, 1.82) is 0 Å². The molecule has 5 nitrogen and oxygen atoms in total. The predicted molar refractivity (Wildman–Crippen MR) is 176 cm³/mol. The first kappa shape index (κ1) is 31.0. The number of hydrogen-bond donors (Lipinski definition) is 2. The van der Waals surface area contributed by atoms with Gasteiger partial charge in [-0.25, -0.2) is 0 Å². The van der Waals surface area contributed by atoms with E-state index in [1.54, 1.807) is 12.2 Å². The van der Waals surface area contributed by atoms with Gasteiger partial charge in [0.2, 0.25) is 11.8 Å². The summed E-state index contributed by atoms with van der Waals surface area (Å²) in [5.74, 6) is 0.845. The molecule has 226 valence electrons. The smallest absolute Gasteiger partial charge is 0.244 e. The standard InChI is InChI=1S/C37H44ClN3O2/c38-32-20-16-29(17-21-32)19-23-36(42)39-26-33-24-25-41(37(43)35(40-33)22-18-28-10-4-1-5-11-28)27-34(30-12-6-2-7-13-30)31-14-8-3-9-15-31/h2-3,6-9,12-17,19-21,23,28,33-35,40H,1,4-5,10-11,18,22,24-27H2,(H,39,42)/t33-,35-/m0/s1. The van der Waals surface area contributed by atoms with Gasteiger partial charge in [0.1, 0.15) is 0 Å². The molecule has 3 aromatic carbocycles. The zero-order valence-corrected chi connectivity index (χ0v) is 25.7. The molecular weight excluding hydrogens is 554 g/mol. The van der Waals surface area contributed by atoms with Crippen molar-refractivity contribution < 1.29 is 9.59 Å². The van der Waals surface area contributed by atoms with E-state index in [9.17, 15) is 9.59 Å². The number of rotatable bonds is 11. The van der Waals surface area contributed by atoms with Crippen LogP contribution in [0.1, 0.15) is 74.0 Å². The van der Waals surface area contributed by atoms with Crippen LogP contribution < -0.4 is 10.6 Å². The molecule has 1 aliphatic heterocycles. The topological polar surface area (TPSA) is 61.4 Å². The van der Waals surface area contributed by atoms with Crippen LogP contribution >= 0.6 is 11.6 Å². The van der Waals surface area contributed by atoms with E-state index in [0.29, 0.717) is 30.6 Å². The Kier molecular flexibility index (Phi) is 11.5. The van der Waals surface area contributed by atoms with E-state index >= 15 is 0 Å². The fourth-order valence-electron chi connectivity index (χ4n) is 6.53. The summed E-state index contributed by atoms with van der Waals surface area (Å²) in [4.78, 5) is 28.9. The molecule has 2 N–H and O–H groups in total. The number of hydrogen-bond acceptors (Lipinski definition) is 3. The first-order valence-corrected chi connectivity index (χ1v) is 16.3. The molecular formula is C37H44ClN3O2. The molecule has 6 heteroatoms. The molecule has 0 radical (unpaired) electrons. The third kappa shape index (κ3) is 9.29. The summed E-state index contributed by atoms with van der Waals surface area (Å²) in [6.07, 6.45) is 12.5. The second kappa shape index (κ2) is 15.9. The zero-order valence-electron chi connectivity index (χ0n) is 25.0. The summed E-state index contributed by atoms with van der Waals surface area (Å²) in [5.41, 5.74) is 3.35. The highest BCUT2D eigenvalue weighted by atomic mass is 35.5. The molecule has 1 saturated carbocycles. The van der Waals surface area contributed by atoms with Crippen LogP contribution in [0.25, 0.3) is 6.08 Å². The number of benzene rings is 3. The van der Waals surface area contributed by atoms with Crippen LogP contribution in [0.3, 0.4) is 0 Å². The lowest BCUT2D eigenvalue weighted by molar-refractivity contribution is -0.133. The molecule has 2 fully saturated rings. The maximum atomic E-state index is 14.1. The van der Waals surface area contributed by atoms with Gasteiger partial charge in [0.05, 0.1) is 6.04 Å². The van der Waals surface area contributed by atoms with Crippen LogP contribution in [0.5, 0.6) is 0 Å². The van der Waals surface area contributed by atoms with E-state index < -0.39 is 0 Å². The van der Waals surface area contributed by atoms with Crippen molar-refractivity contribution in [2.75, 3.05) is 19.6 Å². The van der Waals surface area contributed by atoms with Gasteiger partial charge < -0.3 is 15.5 Å². The van der Waals surface area contributed by atoms with Gasteiger partial charge >= 0.3 is 0 Å². The highest BCUT2D eigenvalue weighted by molar-refractivity contribution is 6.30. The Hall–Kier alpha value is -3.41. The van der Waals surface area contributed by atoms with Crippen LogP contribution in [-0.2, 0) is 9.59 Å². The largest absolute Gasteiger partial charge is 0.351 e. The number of nitrogens with one attached hydrogen (secondary N) is 2. The van der Waals surface area contributed by atoms with Crippen molar-refractivity contribution in [2.45, 2.75) is 69.4 Å². The summed E-state index contributed by atoms with van der Waals surface area (Å²) in [6.45, 7) is 1.77. The quantitative estimate of drug-likeness (QED) is 0.229. The van der Waals surface area contributed by atoms with Crippen molar-refractivity contribution in [3.8, 4) is 0 Å². The van der Waals surface area contributed by atoms with Crippen molar-refractivity contribution in [1.82, 2.24) is 15.5 Å². The van der Waals surface area contributed by atoms with Gasteiger partial charge in [-0.3, -0.25) is 9.59 Å². The third-order valence-electron chi connectivity index (χ3n) is 9.01. The van der Waals surface area contributed by atoms with Crippen LogP contribution in [0.2, 0.25) is 5.02 Å². The molecule has 1 aliphatic carbocycles. The lowest BCUT2D eigenvalue weighted by atomic mass is 9.85. The highest BCUT2D eigenvalue weighted by Crippen LogP contribution is 2.30. The molecule has 3 aromatic rings. The van der Waals surface area contributed by atoms with Crippen molar-refractivity contribution in [3.63, 3.8) is 0 Å². The molecule has 0 spiro atoms. The SMILES string of the molecule is O=C(C=Cc1ccc(Cl)cc1)NC[C@@H]1CCN(CC(c2ccccc2)c2ccccc2)C(=O)[C@H](CCC2CCCCC2)N1. The molecule has 43 heavy (non-hydrogen) atoms. The van der Waals surface area contributed by atoms with Crippen LogP contribution in [0.4, 0.5) is 0 Å². The van der Waals surface area contributed by atoms with E-state index in [4.69, 9.17) is 11.6 Å². The van der Waals surface area contributed by atoms with E-state index in [0.717, 1.165) is 24.8 Å². The van der Waals surface area contributed by atoms with Gasteiger partial charge in [-0.1, -0.05) is 117 Å². The second-order valence-corrected chi connectivity index (χ2v) is 12.5. The van der Waals surface area contributed by atoms with Gasteiger partial charge in [0.25, 0.3) is 0 Å². The Balaban J connectivity index is 1.28. The fraction of sp³-hybridized carbons (Fsp3) is 0.405. The van der Waals surface area contributed by atoms with Crippen LogP contribution in [0.15, 0.2) is 91.0 Å². The molecule has 2 amide bonds. The maximum Gasteiger partial charge on any atom is 0.244 e. The normalized spacial score (nSPS) is 20.0. The minimum absolute atomic E-state index is 0.0186. The Morgan fingerprint density at radius 1 is 0.884 bits per heavy atom. The Labute approximate surface area is 261 Å². The van der Waals surface area contributed by atoms with Gasteiger partial charge in [-0.05, 0) is 60.1 Å². The summed E-state index contributed by atoms with van der Waals surface area (Å²) < 4.78 is 0. The van der Waals surface area contributed by atoms with Crippen molar-refractivity contribution in [3.05, 3.63) is 113 Å². The van der Waals surface area contributed by atoms with Gasteiger partial charge in [-0.15, -0.1) is 0 Å². The average molecular weight is 598 g/mol. The van der Waals surface area contributed by atoms with Gasteiger partial charge in [-0.2, -0.15) is 0 Å². The lowest BCUT2D eigenvalue weighted by Gasteiger charge is -2.30. The number of amides is 2. The lowest BCUT2D eigenvalue weighted by Crippen LogP contribution is -2.49. The molecule has 0 aromatic heterocycles. The molecule has 0 unspecified atom stereocenters. The zero-order chi connectivity index (χ0) is 29.9. The maximum absolute atomic E-state index is 14.1. The van der Waals surface area contributed by atoms with Gasteiger partial charge in [0.15, 0.2) is 0 Å². The molecule has 2 aliphatic rings. The first-order valence-electron chi connectivity index (χ1n) is 15.9. The molecule has 0 bridgehead atoms. The molecule has 1 heterocycles. The molecule has 1 saturated heterocycles. The molecule has 2 atom stereocenters. The van der Waals surface area contributed by atoms with Crippen molar-refractivity contribution in [2.24, 2.45) is 5.92 Å². The Morgan fingerprint density at radius 3 is 2.19 bits per heavy atom. The fourth-order valence-corrected chi connectivity index (χ4v) is 6.66. The summed E-state index contributed by atoms with van der Waals surface area (Å²) in [5, 5.41) is 7.41. The highest BCUT2D eigenvalue weighted by Gasteiger charge is 2.33. The number of halogens is 1. The second-order valence-electron chi connectivity index (χ2n) is 12.1. The third-order valence-corrected chi connectivity index (χ3v) is 9.26. The number of carbonyl (C=O) groups excluding carboxylic acids is 2. The number of carbonyl (C=O) groups is 2. The van der Waals surface area contributed by atoms with Crippen LogP contribution in [-0.4, -0.2) is 48.4 Å². The predicted octanol–water partition coefficient (Wildman–Crippen LogP) is 7.22. The summed E-state index contributed by atoms with van der Waals surface area (Å²) >= 11 is 5.97. The first-order chi connectivity index (χ1) is 21.0. The average Bonchev–Trinajstić information content (AvgIpc) is 3.20. The Morgan fingerprint density at radius 2 is 1.53 bits per heavy atom. The van der Waals surface area contributed by atoms with Gasteiger partial charge in [0, 0.05) is 42.7 Å². The molecule has 5 rings (SSSR count). The minimum atomic E-state index is -0.247. The number of nitrogens with zero attached hydrogens (tertiary/aromatic N) is 1. The van der Waals surface area contributed by atoms with E-state index in [-0.39, 0.29) is 29.8 Å². The summed E-state index contributed by atoms with van der Waals surface area (Å²) in [7, 11) is 0. The monoisotopic (exact) mass is 597 g/mol. The van der Waals surface area contributed by atoms with E-state index in [1.807, 2.05) is 36.4 Å². The van der Waals surface area contributed by atoms with E-state index in [1.165, 1.54) is 43.2 Å². The minimum Gasteiger partial charge on any atom is -0.351 e. The summed E-state index contributed by atoms with van der Waals surface area (Å²) in [6, 6.07) is 28.2. The van der Waals surface area contributed by atoms with Crippen molar-refractivity contribution >= 4 is 29.5 Å². The van der Waals surface area contributed by atoms with E-state index in [2.05, 4.69) is 64.1 Å².